The van der Waals surface area contributed by atoms with Gasteiger partial charge in [0.1, 0.15) is 6.54 Å². The first-order valence-electron chi connectivity index (χ1n) is 8.15. The zero-order chi connectivity index (χ0) is 18.8. The molecule has 2 aromatic rings. The number of hydrogen-bond donors (Lipinski definition) is 1. The van der Waals surface area contributed by atoms with Crippen molar-refractivity contribution in [2.24, 2.45) is 0 Å². The largest absolute Gasteiger partial charge is 0.494 e. The fourth-order valence-electron chi connectivity index (χ4n) is 2.97. The fraction of sp³-hybridized carbons (Fsp3) is 0.200. The summed E-state index contributed by atoms with van der Waals surface area (Å²) in [7, 11) is 1.39. The summed E-state index contributed by atoms with van der Waals surface area (Å²) in [4.78, 5) is 26.2. The Morgan fingerprint density at radius 3 is 2.58 bits per heavy atom. The molecule has 6 heteroatoms. The molecule has 0 bridgehead atoms. The lowest BCUT2D eigenvalue weighted by molar-refractivity contribution is -0.121. The van der Waals surface area contributed by atoms with Crippen LogP contribution in [0.4, 0.5) is 4.39 Å². The molecule has 1 aliphatic rings. The summed E-state index contributed by atoms with van der Waals surface area (Å²) >= 11 is 0. The first-order valence-corrected chi connectivity index (χ1v) is 8.15. The smallest absolute Gasteiger partial charge is 0.259 e. The topological polar surface area (TPSA) is 58.6 Å². The predicted molar refractivity (Wildman–Crippen MR) is 96.0 cm³/mol. The lowest BCUT2D eigenvalue weighted by atomic mass is 10.1. The van der Waals surface area contributed by atoms with Crippen molar-refractivity contribution in [3.05, 3.63) is 71.6 Å². The molecule has 3 rings (SSSR count). The van der Waals surface area contributed by atoms with Gasteiger partial charge in [0.25, 0.3) is 5.91 Å². The van der Waals surface area contributed by atoms with Gasteiger partial charge in [-0.3, -0.25) is 14.5 Å². The normalized spacial score (nSPS) is 14.2. The Morgan fingerprint density at radius 1 is 1.27 bits per heavy atom. The highest BCUT2D eigenvalue weighted by atomic mass is 19.1. The highest BCUT2D eigenvalue weighted by Crippen LogP contribution is 2.30. The van der Waals surface area contributed by atoms with Crippen molar-refractivity contribution in [3.8, 4) is 5.75 Å². The molecule has 0 aliphatic carbocycles. The molecule has 2 aromatic carbocycles. The zero-order valence-corrected chi connectivity index (χ0v) is 14.6. The molecule has 0 spiro atoms. The van der Waals surface area contributed by atoms with Gasteiger partial charge in [-0.15, -0.1) is 0 Å². The van der Waals surface area contributed by atoms with Crippen LogP contribution in [0, 0.1) is 5.82 Å². The first kappa shape index (κ1) is 17.7. The van der Waals surface area contributed by atoms with Crippen LogP contribution < -0.4 is 10.1 Å². The van der Waals surface area contributed by atoms with E-state index in [0.717, 1.165) is 5.56 Å². The Kier molecular flexibility index (Phi) is 4.75. The Balaban J connectivity index is 1.67. The van der Waals surface area contributed by atoms with Crippen LogP contribution >= 0.6 is 0 Å². The molecule has 0 saturated heterocycles. The summed E-state index contributed by atoms with van der Waals surface area (Å²) in [5, 5.41) is 2.77. The van der Waals surface area contributed by atoms with E-state index in [4.69, 9.17) is 4.74 Å². The zero-order valence-electron chi connectivity index (χ0n) is 14.6. The average molecular weight is 354 g/mol. The minimum Gasteiger partial charge on any atom is -0.494 e. The molecule has 1 aliphatic heterocycles. The molecule has 0 aromatic heterocycles. The molecule has 1 atom stereocenters. The number of carbonyl (C=O) groups is 2. The van der Waals surface area contributed by atoms with Crippen molar-refractivity contribution in [3.63, 3.8) is 0 Å². The van der Waals surface area contributed by atoms with Gasteiger partial charge in [0.2, 0.25) is 5.91 Å². The second-order valence-corrected chi connectivity index (χ2v) is 6.07. The quantitative estimate of drug-likeness (QED) is 0.897. The molecule has 1 heterocycles. The second-order valence-electron chi connectivity index (χ2n) is 6.07. The number of halogens is 1. The molecular weight excluding hydrogens is 335 g/mol. The number of benzene rings is 2. The van der Waals surface area contributed by atoms with Crippen LogP contribution in [-0.2, 0) is 4.79 Å². The number of nitrogens with zero attached hydrogens (tertiary/aromatic N) is 1. The van der Waals surface area contributed by atoms with Gasteiger partial charge < -0.3 is 10.1 Å². The van der Waals surface area contributed by atoms with E-state index < -0.39 is 11.9 Å². The molecule has 134 valence electrons. The number of hydrogen-bond acceptors (Lipinski definition) is 3. The third-order valence-electron chi connectivity index (χ3n) is 4.39. The Hall–Kier alpha value is -3.15. The Morgan fingerprint density at radius 2 is 1.96 bits per heavy atom. The monoisotopic (exact) mass is 354 g/mol. The number of methoxy groups -OCH3 is 1. The number of rotatable bonds is 5. The lowest BCUT2D eigenvalue weighted by Gasteiger charge is -2.20. The van der Waals surface area contributed by atoms with Crippen LogP contribution in [0.3, 0.4) is 0 Å². The van der Waals surface area contributed by atoms with Gasteiger partial charge in [-0.05, 0) is 30.7 Å². The first-order chi connectivity index (χ1) is 12.4. The average Bonchev–Trinajstić information content (AvgIpc) is 2.87. The van der Waals surface area contributed by atoms with Crippen molar-refractivity contribution < 1.29 is 18.7 Å². The van der Waals surface area contributed by atoms with Crippen LogP contribution in [0.5, 0.6) is 5.75 Å². The standard InChI is InChI=1S/C20H19FN2O3/c1-12(14-8-9-18(26-3)17(21)10-14)22-19(24)11-23-13(2)15-6-4-5-7-16(15)20(23)25/h4-10,12H,2,11H2,1,3H3,(H,22,24). The van der Waals surface area contributed by atoms with E-state index in [-0.39, 0.29) is 24.1 Å². The van der Waals surface area contributed by atoms with Crippen molar-refractivity contribution in [1.82, 2.24) is 10.2 Å². The fourth-order valence-corrected chi connectivity index (χ4v) is 2.97. The molecule has 0 saturated carbocycles. The number of fused-ring (bicyclic) bond motifs is 1. The highest BCUT2D eigenvalue weighted by molar-refractivity contribution is 6.10. The van der Waals surface area contributed by atoms with Gasteiger partial charge >= 0.3 is 0 Å². The van der Waals surface area contributed by atoms with Crippen molar-refractivity contribution in [2.45, 2.75) is 13.0 Å². The lowest BCUT2D eigenvalue weighted by Crippen LogP contribution is -2.38. The number of ether oxygens (including phenoxy) is 1. The Labute approximate surface area is 151 Å². The molecule has 1 unspecified atom stereocenters. The van der Waals surface area contributed by atoms with E-state index in [0.29, 0.717) is 16.8 Å². The number of nitrogens with one attached hydrogen (secondary N) is 1. The third-order valence-corrected chi connectivity index (χ3v) is 4.39. The van der Waals surface area contributed by atoms with E-state index in [1.165, 1.54) is 24.1 Å². The minimum absolute atomic E-state index is 0.143. The van der Waals surface area contributed by atoms with Gasteiger partial charge in [0.05, 0.1) is 13.2 Å². The molecule has 1 N–H and O–H groups in total. The van der Waals surface area contributed by atoms with E-state index in [9.17, 15) is 14.0 Å². The predicted octanol–water partition coefficient (Wildman–Crippen LogP) is 3.14. The van der Waals surface area contributed by atoms with E-state index >= 15 is 0 Å². The van der Waals surface area contributed by atoms with Gasteiger partial charge in [0.15, 0.2) is 11.6 Å². The van der Waals surface area contributed by atoms with Crippen LogP contribution in [0.1, 0.15) is 34.5 Å². The summed E-state index contributed by atoms with van der Waals surface area (Å²) in [5.41, 5.74) is 2.38. The van der Waals surface area contributed by atoms with Crippen molar-refractivity contribution in [1.29, 1.82) is 0 Å². The molecule has 5 nitrogen and oxygen atoms in total. The summed E-state index contributed by atoms with van der Waals surface area (Å²) in [6, 6.07) is 11.2. The SMILES string of the molecule is C=C1c2ccccc2C(=O)N1CC(=O)NC(C)c1ccc(OC)c(F)c1. The van der Waals surface area contributed by atoms with Crippen molar-refractivity contribution in [2.75, 3.05) is 13.7 Å². The summed E-state index contributed by atoms with van der Waals surface area (Å²) in [5.74, 6) is -0.950. The second kappa shape index (κ2) is 7.00. The maximum atomic E-state index is 13.8. The van der Waals surface area contributed by atoms with Crippen LogP contribution in [0.2, 0.25) is 0 Å². The van der Waals surface area contributed by atoms with E-state index in [1.54, 1.807) is 31.2 Å². The van der Waals surface area contributed by atoms with Crippen LogP contribution in [0.15, 0.2) is 49.0 Å². The summed E-state index contributed by atoms with van der Waals surface area (Å²) < 4.78 is 18.7. The molecule has 0 radical (unpaired) electrons. The van der Waals surface area contributed by atoms with E-state index in [2.05, 4.69) is 11.9 Å². The molecule has 0 fully saturated rings. The van der Waals surface area contributed by atoms with Crippen LogP contribution in [-0.4, -0.2) is 30.4 Å². The Bertz CT molecular complexity index is 859. The summed E-state index contributed by atoms with van der Waals surface area (Å²) in [6.07, 6.45) is 0. The van der Waals surface area contributed by atoms with Gasteiger partial charge in [-0.2, -0.15) is 0 Å². The molecule has 26 heavy (non-hydrogen) atoms. The number of amides is 2. The maximum absolute atomic E-state index is 13.8. The van der Waals surface area contributed by atoms with Gasteiger partial charge in [-0.1, -0.05) is 30.8 Å². The number of carbonyl (C=O) groups excluding carboxylic acids is 2. The highest BCUT2D eigenvalue weighted by Gasteiger charge is 2.32. The van der Waals surface area contributed by atoms with E-state index in [1.807, 2.05) is 6.07 Å². The van der Waals surface area contributed by atoms with Crippen molar-refractivity contribution >= 4 is 17.5 Å². The third kappa shape index (κ3) is 3.18. The summed E-state index contributed by atoms with van der Waals surface area (Å²) in [6.45, 7) is 5.51. The van der Waals surface area contributed by atoms with Gasteiger partial charge in [0, 0.05) is 16.8 Å². The minimum atomic E-state index is -0.496. The molecular formula is C20H19FN2O3. The molecule has 2 amide bonds. The van der Waals surface area contributed by atoms with Gasteiger partial charge in [-0.25, -0.2) is 4.39 Å². The van der Waals surface area contributed by atoms with Crippen LogP contribution in [0.25, 0.3) is 5.70 Å². The maximum Gasteiger partial charge on any atom is 0.259 e.